The maximum atomic E-state index is 7.57. The molecule has 5 heterocycles. The Morgan fingerprint density at radius 3 is 1.96 bits per heavy atom. The van der Waals surface area contributed by atoms with Gasteiger partial charge in [-0.15, -0.1) is 0 Å². The van der Waals surface area contributed by atoms with Crippen molar-refractivity contribution in [1.82, 2.24) is 19.9 Å². The van der Waals surface area contributed by atoms with Crippen LogP contribution in [-0.4, -0.2) is 19.9 Å². The van der Waals surface area contributed by atoms with Gasteiger partial charge in [0.05, 0.1) is 29.3 Å². The van der Waals surface area contributed by atoms with Crippen molar-refractivity contribution >= 4 is 52.1 Å². The highest BCUT2D eigenvalue weighted by Gasteiger charge is 2.08. The first-order valence-electron chi connectivity index (χ1n) is 8.22. The van der Waals surface area contributed by atoms with Crippen LogP contribution in [0.15, 0.2) is 42.5 Å². The highest BCUT2D eigenvalue weighted by Crippen LogP contribution is 2.27. The van der Waals surface area contributed by atoms with Gasteiger partial charge in [0.25, 0.3) is 0 Å². The molecule has 26 heavy (non-hydrogen) atoms. The van der Waals surface area contributed by atoms with Gasteiger partial charge in [0.15, 0.2) is 0 Å². The molecule has 0 radical (unpaired) electrons. The highest BCUT2D eigenvalue weighted by atomic mass is 14.8. The van der Waals surface area contributed by atoms with Crippen molar-refractivity contribution in [3.63, 3.8) is 0 Å². The van der Waals surface area contributed by atoms with Gasteiger partial charge < -0.3 is 9.97 Å². The summed E-state index contributed by atoms with van der Waals surface area (Å²) in [5.74, 6) is 0. The third-order valence-corrected chi connectivity index (χ3v) is 4.30. The molecule has 0 spiro atoms. The fourth-order valence-corrected chi connectivity index (χ4v) is 3.11. The molecule has 0 unspecified atom stereocenters. The Morgan fingerprint density at radius 2 is 1.27 bits per heavy atom. The van der Waals surface area contributed by atoms with Gasteiger partial charge in [-0.25, -0.2) is 9.83 Å². The number of aromatic nitrogens is 4. The maximum Gasteiger partial charge on any atom is 0.234 e. The van der Waals surface area contributed by atoms with Crippen LogP contribution in [0.25, 0.3) is 51.2 Å². The highest BCUT2D eigenvalue weighted by molar-refractivity contribution is 5.87. The minimum absolute atomic E-state index is 0.507. The SMILES string of the molecule is [C-]#[N+]c1c2nc(cc3ccc(cc4nc(cc5ccc1[nH]5)C=C4)[nH]3)C=C2. The lowest BCUT2D eigenvalue weighted by Gasteiger charge is -1.90. The van der Waals surface area contributed by atoms with E-state index in [1.165, 1.54) is 0 Å². The number of fused-ring (bicyclic) bond motifs is 8. The lowest BCUT2D eigenvalue weighted by Crippen LogP contribution is -1.76. The number of hydrogen-bond donors (Lipinski definition) is 2. The number of nitrogens with zero attached hydrogens (tertiary/aromatic N) is 3. The van der Waals surface area contributed by atoms with Gasteiger partial charge >= 0.3 is 0 Å². The summed E-state index contributed by atoms with van der Waals surface area (Å²) in [6.07, 6.45) is 7.76. The number of rotatable bonds is 0. The van der Waals surface area contributed by atoms with Crippen molar-refractivity contribution in [1.29, 1.82) is 0 Å². The predicted octanol–water partition coefficient (Wildman–Crippen LogP) is 5.21. The molecule has 0 fully saturated rings. The van der Waals surface area contributed by atoms with Crippen molar-refractivity contribution in [3.05, 3.63) is 76.7 Å². The smallest absolute Gasteiger partial charge is 0.234 e. The molecule has 5 rings (SSSR count). The third kappa shape index (κ3) is 2.50. The van der Waals surface area contributed by atoms with Gasteiger partial charge in [0, 0.05) is 22.1 Å². The largest absolute Gasteiger partial charge is 0.365 e. The Hall–Kier alpha value is -3.91. The average molecular weight is 335 g/mol. The Bertz CT molecular complexity index is 1300. The van der Waals surface area contributed by atoms with E-state index >= 15 is 0 Å². The van der Waals surface area contributed by atoms with Crippen LogP contribution in [0.5, 0.6) is 0 Å². The lowest BCUT2D eigenvalue weighted by molar-refractivity contribution is 1.31. The minimum Gasteiger partial charge on any atom is -0.365 e. The first-order chi connectivity index (χ1) is 12.8. The van der Waals surface area contributed by atoms with Crippen LogP contribution in [0.1, 0.15) is 22.8 Å². The molecule has 0 saturated heterocycles. The first-order valence-corrected chi connectivity index (χ1v) is 8.22. The summed E-state index contributed by atoms with van der Waals surface area (Å²) in [6.45, 7) is 7.57. The summed E-state index contributed by atoms with van der Waals surface area (Å²) < 4.78 is 0. The Kier molecular flexibility index (Phi) is 3.09. The van der Waals surface area contributed by atoms with Gasteiger partial charge in [0.1, 0.15) is 0 Å². The molecule has 3 aromatic rings. The van der Waals surface area contributed by atoms with Gasteiger partial charge in [-0.05, 0) is 66.8 Å². The van der Waals surface area contributed by atoms with Gasteiger partial charge in [-0.3, -0.25) is 4.98 Å². The molecular formula is C21H13N5. The molecule has 5 heteroatoms. The minimum atomic E-state index is 0.507. The Balaban J connectivity index is 1.90. The van der Waals surface area contributed by atoms with E-state index in [0.717, 1.165) is 39.1 Å². The molecule has 2 aliphatic rings. The number of aromatic amines is 2. The molecule has 8 bridgehead atoms. The second-order valence-electron chi connectivity index (χ2n) is 6.14. The van der Waals surface area contributed by atoms with Gasteiger partial charge in [0.2, 0.25) is 5.69 Å². The molecule has 0 saturated carbocycles. The number of H-pyrrole nitrogens is 2. The zero-order valence-electron chi connectivity index (χ0n) is 13.7. The van der Waals surface area contributed by atoms with Crippen LogP contribution in [0.3, 0.4) is 0 Å². The predicted molar refractivity (Wildman–Crippen MR) is 105 cm³/mol. The zero-order valence-corrected chi connectivity index (χ0v) is 13.7. The molecule has 2 N–H and O–H groups in total. The van der Waals surface area contributed by atoms with E-state index in [1.807, 2.05) is 66.8 Å². The maximum absolute atomic E-state index is 7.57. The Labute approximate surface area is 149 Å². The summed E-state index contributed by atoms with van der Waals surface area (Å²) in [5, 5.41) is 0. The second-order valence-corrected chi connectivity index (χ2v) is 6.14. The molecular weight excluding hydrogens is 322 g/mol. The van der Waals surface area contributed by atoms with E-state index in [2.05, 4.69) is 24.8 Å². The molecule has 0 atom stereocenters. The fraction of sp³-hybridized carbons (Fsp3) is 0. The normalized spacial score (nSPS) is 12.3. The molecule has 122 valence electrons. The molecule has 0 aliphatic carbocycles. The third-order valence-electron chi connectivity index (χ3n) is 4.30. The van der Waals surface area contributed by atoms with Gasteiger partial charge in [-0.1, -0.05) is 0 Å². The molecule has 0 aromatic carbocycles. The molecule has 5 nitrogen and oxygen atoms in total. The topological polar surface area (TPSA) is 61.7 Å². The van der Waals surface area contributed by atoms with Crippen LogP contribution in [-0.2, 0) is 0 Å². The summed E-state index contributed by atoms with van der Waals surface area (Å²) in [7, 11) is 0. The zero-order chi connectivity index (χ0) is 17.5. The van der Waals surface area contributed by atoms with Crippen molar-refractivity contribution in [2.45, 2.75) is 0 Å². The molecule has 2 aliphatic heterocycles. The van der Waals surface area contributed by atoms with E-state index < -0.39 is 0 Å². The summed E-state index contributed by atoms with van der Waals surface area (Å²) >= 11 is 0. The van der Waals surface area contributed by atoms with Crippen molar-refractivity contribution in [2.24, 2.45) is 0 Å². The van der Waals surface area contributed by atoms with E-state index in [4.69, 9.17) is 6.57 Å². The number of nitrogens with one attached hydrogen (secondary N) is 2. The quantitative estimate of drug-likeness (QED) is 0.382. The molecule has 3 aromatic heterocycles. The monoisotopic (exact) mass is 335 g/mol. The number of hydrogen-bond acceptors (Lipinski definition) is 2. The first kappa shape index (κ1) is 14.4. The average Bonchev–Trinajstić information content (AvgIpc) is 3.39. The summed E-state index contributed by atoms with van der Waals surface area (Å²) in [5.41, 5.74) is 7.34. The second kappa shape index (κ2) is 5.57. The summed E-state index contributed by atoms with van der Waals surface area (Å²) in [6, 6.07) is 13.8. The van der Waals surface area contributed by atoms with Crippen molar-refractivity contribution < 1.29 is 0 Å². The van der Waals surface area contributed by atoms with Crippen LogP contribution in [0.2, 0.25) is 0 Å². The van der Waals surface area contributed by atoms with Gasteiger partial charge in [-0.2, -0.15) is 0 Å². The van der Waals surface area contributed by atoms with Crippen LogP contribution in [0.4, 0.5) is 5.69 Å². The van der Waals surface area contributed by atoms with E-state index in [0.29, 0.717) is 11.4 Å². The Morgan fingerprint density at radius 1 is 0.692 bits per heavy atom. The molecule has 0 amide bonds. The van der Waals surface area contributed by atoms with E-state index in [-0.39, 0.29) is 0 Å². The van der Waals surface area contributed by atoms with E-state index in [9.17, 15) is 0 Å². The van der Waals surface area contributed by atoms with Crippen molar-refractivity contribution in [3.8, 4) is 0 Å². The fourth-order valence-electron chi connectivity index (χ4n) is 3.11. The van der Waals surface area contributed by atoms with Crippen LogP contribution in [0, 0.1) is 6.57 Å². The van der Waals surface area contributed by atoms with Crippen LogP contribution >= 0.6 is 0 Å². The lowest BCUT2D eigenvalue weighted by atomic mass is 10.3. The van der Waals surface area contributed by atoms with Crippen molar-refractivity contribution in [2.75, 3.05) is 0 Å². The van der Waals surface area contributed by atoms with Crippen LogP contribution < -0.4 is 0 Å². The standard InChI is InChI=1S/C21H13N5/c1-22-21-19-8-6-17(25-19)11-15-4-2-13(23-15)10-14-3-5-16(24-14)12-18-7-9-20(21)26-18/h2-12,23,26H. The van der Waals surface area contributed by atoms with E-state index in [1.54, 1.807) is 0 Å². The summed E-state index contributed by atoms with van der Waals surface area (Å²) in [4.78, 5) is 19.5.